The Morgan fingerprint density at radius 3 is 2.48 bits per heavy atom. The fraction of sp³-hybridized carbons (Fsp3) is 0. The van der Waals surface area contributed by atoms with Crippen molar-refractivity contribution in [1.29, 1.82) is 0 Å². The molecule has 2 aromatic carbocycles. The molecule has 0 spiro atoms. The Morgan fingerprint density at radius 2 is 1.84 bits per heavy atom. The average molecular weight is 438 g/mol. The number of hydrogen-bond donors (Lipinski definition) is 2. The summed E-state index contributed by atoms with van der Waals surface area (Å²) in [5.41, 5.74) is 1.00. The molecule has 0 unspecified atom stereocenters. The minimum absolute atomic E-state index is 0.00126. The monoisotopic (exact) mass is 436 g/mol. The predicted octanol–water partition coefficient (Wildman–Crippen LogP) is 3.64. The second-order valence-corrected chi connectivity index (χ2v) is 6.82. The van der Waals surface area contributed by atoms with Crippen LogP contribution < -0.4 is 10.2 Å². The summed E-state index contributed by atoms with van der Waals surface area (Å²) in [6, 6.07) is 11.2. The van der Waals surface area contributed by atoms with Crippen LogP contribution in [0.25, 0.3) is 6.08 Å². The van der Waals surface area contributed by atoms with Crippen LogP contribution in [0.2, 0.25) is 5.02 Å². The highest BCUT2D eigenvalue weighted by Gasteiger charge is 2.34. The summed E-state index contributed by atoms with van der Waals surface area (Å²) >= 11 is 14.2. The molecule has 1 fully saturated rings. The summed E-state index contributed by atoms with van der Waals surface area (Å²) in [6.45, 7) is 0. The number of hydrogen-bond acceptors (Lipinski definition) is 4. The molecule has 2 amide bonds. The second kappa shape index (κ2) is 6.95. The Labute approximate surface area is 162 Å². The first-order valence-electron chi connectivity index (χ1n) is 7.02. The Kier molecular flexibility index (Phi) is 4.89. The van der Waals surface area contributed by atoms with Crippen molar-refractivity contribution in [3.63, 3.8) is 0 Å². The average Bonchev–Trinajstić information content (AvgIpc) is 2.56. The SMILES string of the molecule is O=C1NC(=S)N(c2ccc(Cl)cc2)C(=O)/C1=C/c1ccc(O)c(Br)c1. The lowest BCUT2D eigenvalue weighted by Gasteiger charge is -2.28. The number of rotatable bonds is 2. The van der Waals surface area contributed by atoms with Crippen LogP contribution in [0.3, 0.4) is 0 Å². The molecule has 0 atom stereocenters. The number of anilines is 1. The van der Waals surface area contributed by atoms with Gasteiger partial charge in [-0.1, -0.05) is 17.7 Å². The zero-order valence-electron chi connectivity index (χ0n) is 12.5. The minimum Gasteiger partial charge on any atom is -0.507 e. The molecule has 1 aliphatic rings. The number of phenols is 1. The molecule has 0 saturated carbocycles. The van der Waals surface area contributed by atoms with Crippen LogP contribution in [0.1, 0.15) is 5.56 Å². The van der Waals surface area contributed by atoms with E-state index in [0.717, 1.165) is 0 Å². The third-order valence-electron chi connectivity index (χ3n) is 3.47. The molecule has 2 N–H and O–H groups in total. The van der Waals surface area contributed by atoms with Gasteiger partial charge in [0.15, 0.2) is 5.11 Å². The number of amides is 2. The van der Waals surface area contributed by atoms with Crippen LogP contribution in [-0.4, -0.2) is 22.0 Å². The van der Waals surface area contributed by atoms with Gasteiger partial charge in [0.25, 0.3) is 11.8 Å². The molecule has 3 rings (SSSR count). The molecular weight excluding hydrogens is 428 g/mol. The maximum absolute atomic E-state index is 12.8. The highest BCUT2D eigenvalue weighted by Crippen LogP contribution is 2.27. The van der Waals surface area contributed by atoms with Crippen LogP contribution in [-0.2, 0) is 9.59 Å². The lowest BCUT2D eigenvalue weighted by atomic mass is 10.1. The number of carbonyl (C=O) groups is 2. The maximum atomic E-state index is 12.8. The molecule has 25 heavy (non-hydrogen) atoms. The van der Waals surface area contributed by atoms with Crippen molar-refractivity contribution in [2.75, 3.05) is 4.90 Å². The summed E-state index contributed by atoms with van der Waals surface area (Å²) in [5, 5.41) is 12.6. The minimum atomic E-state index is -0.579. The zero-order valence-corrected chi connectivity index (χ0v) is 15.7. The molecule has 1 heterocycles. The van der Waals surface area contributed by atoms with Gasteiger partial charge in [0.05, 0.1) is 10.2 Å². The first kappa shape index (κ1) is 17.6. The van der Waals surface area contributed by atoms with Gasteiger partial charge in [-0.05, 0) is 76.2 Å². The van der Waals surface area contributed by atoms with Crippen molar-refractivity contribution in [1.82, 2.24) is 5.32 Å². The quantitative estimate of drug-likeness (QED) is 0.428. The topological polar surface area (TPSA) is 69.6 Å². The van der Waals surface area contributed by atoms with Crippen molar-refractivity contribution in [3.05, 3.63) is 63.1 Å². The molecule has 1 aliphatic heterocycles. The smallest absolute Gasteiger partial charge is 0.270 e. The molecule has 1 saturated heterocycles. The van der Waals surface area contributed by atoms with E-state index in [1.54, 1.807) is 36.4 Å². The number of aromatic hydroxyl groups is 1. The van der Waals surface area contributed by atoms with Crippen LogP contribution >= 0.6 is 39.7 Å². The van der Waals surface area contributed by atoms with E-state index in [2.05, 4.69) is 21.2 Å². The van der Waals surface area contributed by atoms with Crippen LogP contribution in [0.15, 0.2) is 52.5 Å². The summed E-state index contributed by atoms with van der Waals surface area (Å²) < 4.78 is 0.454. The predicted molar refractivity (Wildman–Crippen MR) is 103 cm³/mol. The van der Waals surface area contributed by atoms with Gasteiger partial charge in [-0.15, -0.1) is 0 Å². The number of carbonyl (C=O) groups excluding carboxylic acids is 2. The Balaban J connectivity index is 2.01. The molecule has 2 aromatic rings. The maximum Gasteiger partial charge on any atom is 0.270 e. The Morgan fingerprint density at radius 1 is 1.16 bits per heavy atom. The molecule has 0 aliphatic carbocycles. The molecule has 0 aromatic heterocycles. The van der Waals surface area contributed by atoms with E-state index < -0.39 is 11.8 Å². The van der Waals surface area contributed by atoms with Crippen LogP contribution in [0, 0.1) is 0 Å². The van der Waals surface area contributed by atoms with Crippen molar-refractivity contribution < 1.29 is 14.7 Å². The first-order chi connectivity index (χ1) is 11.9. The van der Waals surface area contributed by atoms with Crippen molar-refractivity contribution in [3.8, 4) is 5.75 Å². The van der Waals surface area contributed by atoms with Gasteiger partial charge >= 0.3 is 0 Å². The van der Waals surface area contributed by atoms with Gasteiger partial charge in [-0.25, -0.2) is 0 Å². The van der Waals surface area contributed by atoms with Crippen LogP contribution in [0.4, 0.5) is 5.69 Å². The van der Waals surface area contributed by atoms with Crippen molar-refractivity contribution >= 4 is 68.4 Å². The van der Waals surface area contributed by atoms with Gasteiger partial charge < -0.3 is 5.11 Å². The van der Waals surface area contributed by atoms with E-state index in [1.807, 2.05) is 0 Å². The molecule has 126 valence electrons. The van der Waals surface area contributed by atoms with Gasteiger partial charge in [-0.2, -0.15) is 0 Å². The number of thiocarbonyl (C=S) groups is 1. The molecule has 8 heteroatoms. The van der Waals surface area contributed by atoms with Crippen molar-refractivity contribution in [2.45, 2.75) is 0 Å². The van der Waals surface area contributed by atoms with Gasteiger partial charge in [-0.3, -0.25) is 19.8 Å². The van der Waals surface area contributed by atoms with E-state index in [0.29, 0.717) is 20.7 Å². The summed E-state index contributed by atoms with van der Waals surface area (Å²) in [7, 11) is 0. The number of nitrogens with one attached hydrogen (secondary N) is 1. The largest absolute Gasteiger partial charge is 0.507 e. The van der Waals surface area contributed by atoms with E-state index in [1.165, 1.54) is 17.0 Å². The van der Waals surface area contributed by atoms with E-state index >= 15 is 0 Å². The standard InChI is InChI=1S/C17H10BrClN2O3S/c18-13-8-9(1-6-14(13)22)7-12-15(23)20-17(25)21(16(12)24)11-4-2-10(19)3-5-11/h1-8,22H,(H,20,23,25)/b12-7+. The molecular formula is C17H10BrClN2O3S. The molecule has 0 bridgehead atoms. The van der Waals surface area contributed by atoms with Crippen LogP contribution in [0.5, 0.6) is 5.75 Å². The highest BCUT2D eigenvalue weighted by atomic mass is 79.9. The van der Waals surface area contributed by atoms with Gasteiger partial charge in [0.2, 0.25) is 0 Å². The lowest BCUT2D eigenvalue weighted by molar-refractivity contribution is -0.122. The summed E-state index contributed by atoms with van der Waals surface area (Å²) in [6.07, 6.45) is 1.44. The number of phenolic OH excluding ortho intramolecular Hbond substituents is 1. The first-order valence-corrected chi connectivity index (χ1v) is 8.60. The zero-order chi connectivity index (χ0) is 18.1. The third-order valence-corrected chi connectivity index (χ3v) is 4.64. The fourth-order valence-corrected chi connectivity index (χ4v) is 3.07. The lowest BCUT2D eigenvalue weighted by Crippen LogP contribution is -2.54. The number of halogens is 2. The number of benzene rings is 2. The van der Waals surface area contributed by atoms with Gasteiger partial charge in [0.1, 0.15) is 11.3 Å². The summed E-state index contributed by atoms with van der Waals surface area (Å²) in [5.74, 6) is -1.06. The number of nitrogens with zero attached hydrogens (tertiary/aromatic N) is 1. The molecule has 0 radical (unpaired) electrons. The molecule has 5 nitrogen and oxygen atoms in total. The van der Waals surface area contributed by atoms with Crippen molar-refractivity contribution in [2.24, 2.45) is 0 Å². The van der Waals surface area contributed by atoms with E-state index in [9.17, 15) is 14.7 Å². The van der Waals surface area contributed by atoms with Gasteiger partial charge in [0, 0.05) is 5.02 Å². The second-order valence-electron chi connectivity index (χ2n) is 5.15. The Bertz CT molecular complexity index is 928. The van der Waals surface area contributed by atoms with E-state index in [-0.39, 0.29) is 16.4 Å². The fourth-order valence-electron chi connectivity index (χ4n) is 2.26. The summed E-state index contributed by atoms with van der Waals surface area (Å²) in [4.78, 5) is 26.2. The third kappa shape index (κ3) is 3.58. The normalized spacial score (nSPS) is 16.3. The highest BCUT2D eigenvalue weighted by molar-refractivity contribution is 9.10. The Hall–Kier alpha value is -2.22. The van der Waals surface area contributed by atoms with E-state index in [4.69, 9.17) is 23.8 Å².